The highest BCUT2D eigenvalue weighted by Gasteiger charge is 2.23. The van der Waals surface area contributed by atoms with E-state index in [1.807, 2.05) is 67.3 Å². The molecule has 6 heteroatoms. The van der Waals surface area contributed by atoms with Gasteiger partial charge in [0.05, 0.1) is 5.69 Å². The van der Waals surface area contributed by atoms with Crippen LogP contribution in [-0.4, -0.2) is 46.8 Å². The maximum absolute atomic E-state index is 12.7. The number of aryl methyl sites for hydroxylation is 2. The van der Waals surface area contributed by atoms with Gasteiger partial charge >= 0.3 is 0 Å². The van der Waals surface area contributed by atoms with Gasteiger partial charge in [0.1, 0.15) is 5.82 Å². The summed E-state index contributed by atoms with van der Waals surface area (Å²) in [7, 11) is 0. The van der Waals surface area contributed by atoms with E-state index in [0.717, 1.165) is 28.2 Å². The number of carbonyl (C=O) groups excluding carboxylic acids is 1. The molecule has 6 nitrogen and oxygen atoms in total. The van der Waals surface area contributed by atoms with Gasteiger partial charge in [-0.3, -0.25) is 9.59 Å². The number of piperazine rings is 1. The van der Waals surface area contributed by atoms with Crippen LogP contribution in [-0.2, 0) is 0 Å². The van der Waals surface area contributed by atoms with Crippen molar-refractivity contribution in [2.45, 2.75) is 13.8 Å². The SMILES string of the molecule is Cc1ccc(C(=O)N2CCN(c3ccc(=O)n(-c4ccc(C)cc4)n3)CC2)cc1. The van der Waals surface area contributed by atoms with Crippen molar-refractivity contribution in [1.82, 2.24) is 14.7 Å². The molecule has 1 amide bonds. The van der Waals surface area contributed by atoms with E-state index in [4.69, 9.17) is 0 Å². The summed E-state index contributed by atoms with van der Waals surface area (Å²) >= 11 is 0. The zero-order valence-corrected chi connectivity index (χ0v) is 16.7. The molecule has 1 aliphatic rings. The zero-order valence-electron chi connectivity index (χ0n) is 16.7. The van der Waals surface area contributed by atoms with Crippen LogP contribution in [0.4, 0.5) is 5.82 Å². The number of carbonyl (C=O) groups is 1. The van der Waals surface area contributed by atoms with Crippen molar-refractivity contribution in [2.24, 2.45) is 0 Å². The van der Waals surface area contributed by atoms with Crippen molar-refractivity contribution >= 4 is 11.7 Å². The molecule has 1 aromatic heterocycles. The van der Waals surface area contributed by atoms with E-state index in [0.29, 0.717) is 26.2 Å². The predicted molar refractivity (Wildman–Crippen MR) is 114 cm³/mol. The topological polar surface area (TPSA) is 58.4 Å². The maximum Gasteiger partial charge on any atom is 0.271 e. The number of anilines is 1. The second-order valence-electron chi connectivity index (χ2n) is 7.42. The molecule has 4 rings (SSSR count). The minimum absolute atomic E-state index is 0.0576. The number of amides is 1. The van der Waals surface area contributed by atoms with Crippen LogP contribution < -0.4 is 10.5 Å². The van der Waals surface area contributed by atoms with Gasteiger partial charge in [0, 0.05) is 37.8 Å². The monoisotopic (exact) mass is 388 g/mol. The van der Waals surface area contributed by atoms with E-state index in [1.165, 1.54) is 4.68 Å². The van der Waals surface area contributed by atoms with Crippen LogP contribution in [0.5, 0.6) is 0 Å². The van der Waals surface area contributed by atoms with E-state index in [-0.39, 0.29) is 11.5 Å². The smallest absolute Gasteiger partial charge is 0.271 e. The van der Waals surface area contributed by atoms with Gasteiger partial charge in [0.25, 0.3) is 11.5 Å². The molecule has 1 fully saturated rings. The molecule has 0 unspecified atom stereocenters. The maximum atomic E-state index is 12.7. The van der Waals surface area contributed by atoms with Crippen molar-refractivity contribution in [3.8, 4) is 5.69 Å². The van der Waals surface area contributed by atoms with Crippen LogP contribution in [0.1, 0.15) is 21.5 Å². The largest absolute Gasteiger partial charge is 0.352 e. The van der Waals surface area contributed by atoms with Crippen molar-refractivity contribution < 1.29 is 4.79 Å². The summed E-state index contributed by atoms with van der Waals surface area (Å²) in [5.41, 5.74) is 3.57. The number of nitrogens with zero attached hydrogens (tertiary/aromatic N) is 4. The Morgan fingerprint density at radius 1 is 0.793 bits per heavy atom. The molecule has 0 bridgehead atoms. The third-order valence-corrected chi connectivity index (χ3v) is 5.25. The van der Waals surface area contributed by atoms with Crippen LogP contribution in [0, 0.1) is 13.8 Å². The lowest BCUT2D eigenvalue weighted by molar-refractivity contribution is 0.0746. The molecule has 3 aromatic rings. The van der Waals surface area contributed by atoms with Crippen LogP contribution in [0.15, 0.2) is 65.5 Å². The van der Waals surface area contributed by atoms with Crippen LogP contribution in [0.2, 0.25) is 0 Å². The van der Waals surface area contributed by atoms with Crippen molar-refractivity contribution in [3.63, 3.8) is 0 Å². The zero-order chi connectivity index (χ0) is 20.4. The lowest BCUT2D eigenvalue weighted by Gasteiger charge is -2.35. The molecule has 0 aliphatic carbocycles. The quantitative estimate of drug-likeness (QED) is 0.692. The average molecular weight is 388 g/mol. The molecule has 0 saturated carbocycles. The fraction of sp³-hybridized carbons (Fsp3) is 0.261. The number of rotatable bonds is 3. The Kier molecular flexibility index (Phi) is 5.16. The molecule has 2 heterocycles. The molecule has 0 radical (unpaired) electrons. The molecular formula is C23H24N4O2. The first-order valence-corrected chi connectivity index (χ1v) is 9.79. The highest BCUT2D eigenvalue weighted by atomic mass is 16.2. The highest BCUT2D eigenvalue weighted by molar-refractivity contribution is 5.94. The van der Waals surface area contributed by atoms with E-state index < -0.39 is 0 Å². The Bertz CT molecular complexity index is 1060. The standard InChI is InChI=1S/C23H24N4O2/c1-17-3-7-19(8-4-17)23(29)26-15-13-25(14-16-26)21-11-12-22(28)27(24-21)20-9-5-18(2)6-10-20/h3-12H,13-16H2,1-2H3. The predicted octanol–water partition coefficient (Wildman–Crippen LogP) is 2.81. The Hall–Kier alpha value is -3.41. The van der Waals surface area contributed by atoms with Gasteiger partial charge in [-0.15, -0.1) is 5.10 Å². The molecule has 1 saturated heterocycles. The van der Waals surface area contributed by atoms with E-state index in [2.05, 4.69) is 10.00 Å². The minimum atomic E-state index is -0.161. The Morgan fingerprint density at radius 3 is 2.00 bits per heavy atom. The second-order valence-corrected chi connectivity index (χ2v) is 7.42. The van der Waals surface area contributed by atoms with Gasteiger partial charge in [0.15, 0.2) is 0 Å². The summed E-state index contributed by atoms with van der Waals surface area (Å²) in [6.07, 6.45) is 0. The molecule has 0 N–H and O–H groups in total. The lowest BCUT2D eigenvalue weighted by atomic mass is 10.1. The Balaban J connectivity index is 1.48. The average Bonchev–Trinajstić information content (AvgIpc) is 2.75. The molecule has 148 valence electrons. The van der Waals surface area contributed by atoms with Crippen LogP contribution in [0.3, 0.4) is 0 Å². The summed E-state index contributed by atoms with van der Waals surface area (Å²) in [5, 5.41) is 4.56. The van der Waals surface area contributed by atoms with Gasteiger partial charge in [-0.2, -0.15) is 4.68 Å². The fourth-order valence-corrected chi connectivity index (χ4v) is 3.46. The Morgan fingerprint density at radius 2 is 1.38 bits per heavy atom. The first-order chi connectivity index (χ1) is 14.0. The van der Waals surface area contributed by atoms with Gasteiger partial charge in [-0.1, -0.05) is 35.4 Å². The van der Waals surface area contributed by atoms with E-state index >= 15 is 0 Å². The number of aromatic nitrogens is 2. The Labute approximate surface area is 170 Å². The van der Waals surface area contributed by atoms with Crippen LogP contribution in [0.25, 0.3) is 5.69 Å². The van der Waals surface area contributed by atoms with E-state index in [9.17, 15) is 9.59 Å². The first kappa shape index (κ1) is 18.9. The molecule has 0 atom stereocenters. The number of hydrogen-bond donors (Lipinski definition) is 0. The van der Waals surface area contributed by atoms with E-state index in [1.54, 1.807) is 12.1 Å². The van der Waals surface area contributed by atoms with Gasteiger partial charge < -0.3 is 9.80 Å². The first-order valence-electron chi connectivity index (χ1n) is 9.79. The summed E-state index contributed by atoms with van der Waals surface area (Å²) in [6.45, 7) is 6.62. The summed E-state index contributed by atoms with van der Waals surface area (Å²) in [4.78, 5) is 29.0. The normalized spacial score (nSPS) is 14.1. The highest BCUT2D eigenvalue weighted by Crippen LogP contribution is 2.16. The van der Waals surface area contributed by atoms with Crippen molar-refractivity contribution in [1.29, 1.82) is 0 Å². The molecular weight excluding hydrogens is 364 g/mol. The summed E-state index contributed by atoms with van der Waals surface area (Å²) < 4.78 is 1.43. The molecule has 2 aromatic carbocycles. The van der Waals surface area contributed by atoms with Gasteiger partial charge in [-0.05, 0) is 44.2 Å². The molecule has 1 aliphatic heterocycles. The van der Waals surface area contributed by atoms with Crippen molar-refractivity contribution in [3.05, 3.63) is 87.7 Å². The fourth-order valence-electron chi connectivity index (χ4n) is 3.46. The molecule has 0 spiro atoms. The number of hydrogen-bond acceptors (Lipinski definition) is 4. The third-order valence-electron chi connectivity index (χ3n) is 5.25. The minimum Gasteiger partial charge on any atom is -0.352 e. The van der Waals surface area contributed by atoms with Gasteiger partial charge in [0.2, 0.25) is 0 Å². The number of benzene rings is 2. The van der Waals surface area contributed by atoms with Crippen molar-refractivity contribution in [2.75, 3.05) is 31.1 Å². The third kappa shape index (κ3) is 4.06. The molecule has 29 heavy (non-hydrogen) atoms. The summed E-state index contributed by atoms with van der Waals surface area (Å²) in [6, 6.07) is 18.7. The summed E-state index contributed by atoms with van der Waals surface area (Å²) in [5.74, 6) is 0.801. The van der Waals surface area contributed by atoms with Gasteiger partial charge in [-0.25, -0.2) is 0 Å². The second kappa shape index (κ2) is 7.91. The lowest BCUT2D eigenvalue weighted by Crippen LogP contribution is -2.49. The van der Waals surface area contributed by atoms with Crippen LogP contribution >= 0.6 is 0 Å².